The summed E-state index contributed by atoms with van der Waals surface area (Å²) < 4.78 is 0.838. The van der Waals surface area contributed by atoms with Gasteiger partial charge in [0.25, 0.3) is 0 Å². The Kier molecular flexibility index (Phi) is 4.01. The van der Waals surface area contributed by atoms with Gasteiger partial charge in [-0.1, -0.05) is 30.7 Å². The van der Waals surface area contributed by atoms with Crippen LogP contribution in [-0.2, 0) is 6.42 Å². The molecule has 1 aliphatic carbocycles. The lowest BCUT2D eigenvalue weighted by atomic mass is 10.1. The van der Waals surface area contributed by atoms with Crippen molar-refractivity contribution in [2.45, 2.75) is 38.3 Å². The Morgan fingerprint density at radius 1 is 1.40 bits per heavy atom. The summed E-state index contributed by atoms with van der Waals surface area (Å²) in [4.78, 5) is 1.28. The largest absolute Gasteiger partial charge is 0.508 e. The second-order valence-corrected chi connectivity index (χ2v) is 6.95. The Balaban J connectivity index is 1.81. The molecule has 1 aromatic heterocycles. The Morgan fingerprint density at radius 2 is 2.25 bits per heavy atom. The molecule has 4 heteroatoms. The van der Waals surface area contributed by atoms with E-state index < -0.39 is 0 Å². The molecule has 0 radical (unpaired) electrons. The predicted octanol–water partition coefficient (Wildman–Crippen LogP) is 4.84. The fourth-order valence-electron chi connectivity index (χ4n) is 2.97. The number of hydrogen-bond donors (Lipinski definition) is 2. The molecule has 0 saturated heterocycles. The molecule has 0 spiro atoms. The predicted molar refractivity (Wildman–Crippen MR) is 84.7 cm³/mol. The van der Waals surface area contributed by atoms with Gasteiger partial charge in [0.2, 0.25) is 0 Å². The van der Waals surface area contributed by atoms with Crippen molar-refractivity contribution >= 4 is 22.9 Å². The summed E-state index contributed by atoms with van der Waals surface area (Å²) in [5.41, 5.74) is 2.34. The monoisotopic (exact) mass is 307 g/mol. The molecule has 0 fully saturated rings. The van der Waals surface area contributed by atoms with Crippen LogP contribution in [0.4, 0.5) is 0 Å². The number of rotatable bonds is 4. The second kappa shape index (κ2) is 5.76. The highest BCUT2D eigenvalue weighted by Crippen LogP contribution is 2.39. The number of nitrogens with one attached hydrogen (secondary N) is 1. The van der Waals surface area contributed by atoms with Gasteiger partial charge in [-0.15, -0.1) is 11.3 Å². The number of fused-ring (bicyclic) bond motifs is 1. The molecular formula is C16H18ClNOS. The van der Waals surface area contributed by atoms with Crippen LogP contribution in [0.5, 0.6) is 5.75 Å². The van der Waals surface area contributed by atoms with Crippen LogP contribution in [0.3, 0.4) is 0 Å². The maximum Gasteiger partial charge on any atom is 0.119 e. The number of hydrogen-bond acceptors (Lipinski definition) is 3. The van der Waals surface area contributed by atoms with Crippen molar-refractivity contribution in [3.63, 3.8) is 0 Å². The summed E-state index contributed by atoms with van der Waals surface area (Å²) in [6.45, 7) is 2.18. The first-order chi connectivity index (χ1) is 9.69. The summed E-state index contributed by atoms with van der Waals surface area (Å²) in [6.07, 6.45) is 3.02. The minimum Gasteiger partial charge on any atom is -0.508 e. The van der Waals surface area contributed by atoms with Crippen molar-refractivity contribution in [2.75, 3.05) is 0 Å². The first-order valence-electron chi connectivity index (χ1n) is 7.01. The van der Waals surface area contributed by atoms with E-state index >= 15 is 0 Å². The summed E-state index contributed by atoms with van der Waals surface area (Å²) >= 11 is 7.68. The van der Waals surface area contributed by atoms with Crippen LogP contribution in [0.1, 0.15) is 47.9 Å². The average Bonchev–Trinajstić information content (AvgIpc) is 3.04. The lowest BCUT2D eigenvalue weighted by molar-refractivity contribution is 0.438. The third-order valence-electron chi connectivity index (χ3n) is 3.99. The number of phenols is 1. The standard InChI is InChI=1S/C16H18ClNOS/c1-2-12(15-8-9-16(17)20-15)18-13-7-6-11-10(13)4-3-5-14(11)19/h3-5,8-9,12-13,18-19H,2,6-7H2,1H3/t12-,13-/m0/s1. The molecule has 0 aliphatic heterocycles. The first-order valence-corrected chi connectivity index (χ1v) is 8.20. The quantitative estimate of drug-likeness (QED) is 0.847. The Morgan fingerprint density at radius 3 is 2.95 bits per heavy atom. The number of thiophene rings is 1. The molecule has 0 bridgehead atoms. The normalized spacial score (nSPS) is 19.0. The minimum absolute atomic E-state index is 0.322. The molecule has 2 aromatic rings. The molecule has 0 unspecified atom stereocenters. The van der Waals surface area contributed by atoms with E-state index in [1.54, 1.807) is 17.4 Å². The van der Waals surface area contributed by atoms with Gasteiger partial charge in [0.05, 0.1) is 4.34 Å². The lowest BCUT2D eigenvalue weighted by Crippen LogP contribution is -2.24. The van der Waals surface area contributed by atoms with Crippen molar-refractivity contribution in [3.8, 4) is 5.75 Å². The van der Waals surface area contributed by atoms with Gasteiger partial charge >= 0.3 is 0 Å². The zero-order valence-electron chi connectivity index (χ0n) is 11.4. The molecular weight excluding hydrogens is 290 g/mol. The first kappa shape index (κ1) is 13.9. The fourth-order valence-corrected chi connectivity index (χ4v) is 4.17. The zero-order chi connectivity index (χ0) is 14.1. The Bertz CT molecular complexity index is 610. The SMILES string of the molecule is CC[C@H](N[C@H]1CCc2c(O)cccc21)c1ccc(Cl)s1. The summed E-state index contributed by atoms with van der Waals surface area (Å²) in [5, 5.41) is 13.6. The van der Waals surface area contributed by atoms with E-state index in [0.29, 0.717) is 17.8 Å². The topological polar surface area (TPSA) is 32.3 Å². The van der Waals surface area contributed by atoms with Gasteiger partial charge in [0.1, 0.15) is 5.75 Å². The van der Waals surface area contributed by atoms with Gasteiger partial charge in [-0.25, -0.2) is 0 Å². The summed E-state index contributed by atoms with van der Waals surface area (Å²) in [5.74, 6) is 0.430. The average molecular weight is 308 g/mol. The number of aromatic hydroxyl groups is 1. The van der Waals surface area contributed by atoms with Crippen molar-refractivity contribution in [3.05, 3.63) is 50.7 Å². The fraction of sp³-hybridized carbons (Fsp3) is 0.375. The van der Waals surface area contributed by atoms with E-state index in [9.17, 15) is 5.11 Å². The molecule has 2 nitrogen and oxygen atoms in total. The van der Waals surface area contributed by atoms with Crippen LogP contribution in [0.15, 0.2) is 30.3 Å². The highest BCUT2D eigenvalue weighted by molar-refractivity contribution is 7.16. The molecule has 1 heterocycles. The van der Waals surface area contributed by atoms with Crippen LogP contribution >= 0.6 is 22.9 Å². The van der Waals surface area contributed by atoms with Gasteiger partial charge in [-0.3, -0.25) is 0 Å². The Labute approximate surface area is 128 Å². The van der Waals surface area contributed by atoms with E-state index in [0.717, 1.165) is 29.2 Å². The van der Waals surface area contributed by atoms with Crippen molar-refractivity contribution < 1.29 is 5.11 Å². The smallest absolute Gasteiger partial charge is 0.119 e. The molecule has 0 amide bonds. The molecule has 2 N–H and O–H groups in total. The third-order valence-corrected chi connectivity index (χ3v) is 5.34. The molecule has 2 atom stereocenters. The van der Waals surface area contributed by atoms with E-state index in [2.05, 4.69) is 24.4 Å². The number of halogens is 1. The van der Waals surface area contributed by atoms with E-state index in [-0.39, 0.29) is 0 Å². The van der Waals surface area contributed by atoms with Crippen LogP contribution < -0.4 is 5.32 Å². The second-order valence-electron chi connectivity index (χ2n) is 5.21. The van der Waals surface area contributed by atoms with E-state index in [1.807, 2.05) is 12.1 Å². The number of phenolic OH excluding ortho intramolecular Hbond substituents is 1. The molecule has 0 saturated carbocycles. The maximum atomic E-state index is 9.92. The molecule has 1 aromatic carbocycles. The van der Waals surface area contributed by atoms with Crippen molar-refractivity contribution in [2.24, 2.45) is 0 Å². The molecule has 20 heavy (non-hydrogen) atoms. The zero-order valence-corrected chi connectivity index (χ0v) is 13.0. The molecule has 106 valence electrons. The van der Waals surface area contributed by atoms with Gasteiger partial charge < -0.3 is 10.4 Å². The van der Waals surface area contributed by atoms with E-state index in [1.165, 1.54) is 10.4 Å². The van der Waals surface area contributed by atoms with Crippen LogP contribution in [0.25, 0.3) is 0 Å². The van der Waals surface area contributed by atoms with Crippen LogP contribution in [0, 0.1) is 0 Å². The van der Waals surface area contributed by atoms with Crippen molar-refractivity contribution in [1.82, 2.24) is 5.32 Å². The van der Waals surface area contributed by atoms with Gasteiger partial charge in [0.15, 0.2) is 0 Å². The lowest BCUT2D eigenvalue weighted by Gasteiger charge is -2.22. The summed E-state index contributed by atoms with van der Waals surface area (Å²) in [7, 11) is 0. The molecule has 3 rings (SSSR count). The summed E-state index contributed by atoms with van der Waals surface area (Å²) in [6, 6.07) is 10.5. The van der Waals surface area contributed by atoms with Gasteiger partial charge in [-0.2, -0.15) is 0 Å². The molecule has 1 aliphatic rings. The highest BCUT2D eigenvalue weighted by atomic mass is 35.5. The Hall–Kier alpha value is -1.03. The number of benzene rings is 1. The minimum atomic E-state index is 0.322. The van der Waals surface area contributed by atoms with E-state index in [4.69, 9.17) is 11.6 Å². The van der Waals surface area contributed by atoms with Crippen LogP contribution in [-0.4, -0.2) is 5.11 Å². The maximum absolute atomic E-state index is 9.92. The van der Waals surface area contributed by atoms with Crippen molar-refractivity contribution in [1.29, 1.82) is 0 Å². The van der Waals surface area contributed by atoms with Gasteiger partial charge in [0, 0.05) is 17.0 Å². The third kappa shape index (κ3) is 2.58. The van der Waals surface area contributed by atoms with Gasteiger partial charge in [-0.05, 0) is 48.6 Å². The van der Waals surface area contributed by atoms with Crippen LogP contribution in [0.2, 0.25) is 4.34 Å². The highest BCUT2D eigenvalue weighted by Gasteiger charge is 2.26.